The molecule has 0 aliphatic rings. The van der Waals surface area contributed by atoms with Gasteiger partial charge in [-0.05, 0) is 48.0 Å². The molecule has 0 amide bonds. The van der Waals surface area contributed by atoms with Crippen LogP contribution >= 0.6 is 27.3 Å². The fourth-order valence-corrected chi connectivity index (χ4v) is 3.13. The van der Waals surface area contributed by atoms with Gasteiger partial charge in [-0.1, -0.05) is 0 Å². The number of pyridine rings is 1. The largest absolute Gasteiger partial charge is 0.294 e. The Morgan fingerprint density at radius 1 is 1.41 bits per heavy atom. The average Bonchev–Trinajstić information content (AvgIpc) is 2.63. The molecule has 4 heteroatoms. The Bertz CT molecular complexity index is 562. The van der Waals surface area contributed by atoms with Crippen molar-refractivity contribution < 1.29 is 4.79 Å². The van der Waals surface area contributed by atoms with Crippen molar-refractivity contribution in [3.8, 4) is 0 Å². The highest BCUT2D eigenvalue weighted by atomic mass is 79.9. The summed E-state index contributed by atoms with van der Waals surface area (Å²) in [6.45, 7) is 3.81. The molecule has 2 nitrogen and oxygen atoms in total. The third kappa shape index (κ3) is 3.01. The Balaban J connectivity index is 2.20. The van der Waals surface area contributed by atoms with Crippen LogP contribution in [0.1, 0.15) is 26.6 Å². The molecular formula is C13H12BrNOS. The van der Waals surface area contributed by atoms with Crippen LogP contribution in [0.25, 0.3) is 0 Å². The second kappa shape index (κ2) is 5.10. The Hall–Kier alpha value is -1.00. The van der Waals surface area contributed by atoms with E-state index >= 15 is 0 Å². The second-order valence-corrected chi connectivity index (χ2v) is 5.83. The van der Waals surface area contributed by atoms with E-state index in [1.54, 1.807) is 11.3 Å². The molecule has 0 spiro atoms. The van der Waals surface area contributed by atoms with E-state index in [1.165, 1.54) is 0 Å². The standard InChI is InChI=1S/C13H12BrNOS/c1-8-3-4-12(9(2)15-8)13(16)6-11-5-10(14)7-17-11/h3-5,7H,6H2,1-2H3. The number of hydrogen-bond donors (Lipinski definition) is 0. The molecule has 0 bridgehead atoms. The van der Waals surface area contributed by atoms with Gasteiger partial charge in [0, 0.05) is 38.1 Å². The molecule has 2 aromatic rings. The maximum atomic E-state index is 12.1. The highest BCUT2D eigenvalue weighted by Crippen LogP contribution is 2.21. The number of hydrogen-bond acceptors (Lipinski definition) is 3. The minimum Gasteiger partial charge on any atom is -0.294 e. The quantitative estimate of drug-likeness (QED) is 0.804. The lowest BCUT2D eigenvalue weighted by Gasteiger charge is -2.04. The number of carbonyl (C=O) groups is 1. The molecule has 0 saturated carbocycles. The number of carbonyl (C=O) groups excluding carboxylic acids is 1. The van der Waals surface area contributed by atoms with Gasteiger partial charge in [-0.3, -0.25) is 9.78 Å². The Morgan fingerprint density at radius 2 is 2.18 bits per heavy atom. The van der Waals surface area contributed by atoms with Gasteiger partial charge in [-0.25, -0.2) is 0 Å². The van der Waals surface area contributed by atoms with Gasteiger partial charge in [0.2, 0.25) is 0 Å². The lowest BCUT2D eigenvalue weighted by molar-refractivity contribution is 0.0993. The normalized spacial score (nSPS) is 10.5. The van der Waals surface area contributed by atoms with Crippen LogP contribution in [0.15, 0.2) is 28.1 Å². The lowest BCUT2D eigenvalue weighted by atomic mass is 10.1. The summed E-state index contributed by atoms with van der Waals surface area (Å²) in [5, 5.41) is 1.99. The fraction of sp³-hybridized carbons (Fsp3) is 0.231. The minimum absolute atomic E-state index is 0.129. The van der Waals surface area contributed by atoms with Gasteiger partial charge in [0.15, 0.2) is 5.78 Å². The van der Waals surface area contributed by atoms with E-state index in [-0.39, 0.29) is 5.78 Å². The first kappa shape index (κ1) is 12.5. The highest BCUT2D eigenvalue weighted by Gasteiger charge is 2.12. The molecule has 2 aromatic heterocycles. The summed E-state index contributed by atoms with van der Waals surface area (Å²) in [5.41, 5.74) is 2.48. The van der Waals surface area contributed by atoms with Gasteiger partial charge in [-0.2, -0.15) is 0 Å². The molecule has 0 aliphatic heterocycles. The molecule has 0 N–H and O–H groups in total. The summed E-state index contributed by atoms with van der Waals surface area (Å²) in [6, 6.07) is 5.73. The maximum absolute atomic E-state index is 12.1. The lowest BCUT2D eigenvalue weighted by Crippen LogP contribution is -2.06. The third-order valence-corrected chi connectivity index (χ3v) is 4.18. The molecule has 0 fully saturated rings. The van der Waals surface area contributed by atoms with Crippen LogP contribution in [-0.4, -0.2) is 10.8 Å². The van der Waals surface area contributed by atoms with Crippen molar-refractivity contribution in [1.82, 2.24) is 4.98 Å². The van der Waals surface area contributed by atoms with Crippen LogP contribution < -0.4 is 0 Å². The van der Waals surface area contributed by atoms with Crippen LogP contribution in [0.4, 0.5) is 0 Å². The van der Waals surface area contributed by atoms with Crippen LogP contribution in [0, 0.1) is 13.8 Å². The fourth-order valence-electron chi connectivity index (χ4n) is 1.68. The molecule has 0 saturated heterocycles. The summed E-state index contributed by atoms with van der Waals surface area (Å²) in [4.78, 5) is 17.5. The number of aryl methyl sites for hydroxylation is 2. The zero-order valence-corrected chi connectivity index (χ0v) is 12.1. The second-order valence-electron chi connectivity index (χ2n) is 3.92. The van der Waals surface area contributed by atoms with Crippen molar-refractivity contribution in [2.24, 2.45) is 0 Å². The maximum Gasteiger partial charge on any atom is 0.169 e. The SMILES string of the molecule is Cc1ccc(C(=O)Cc2cc(Br)cs2)c(C)n1. The van der Waals surface area contributed by atoms with Gasteiger partial charge in [0.25, 0.3) is 0 Å². The van der Waals surface area contributed by atoms with Gasteiger partial charge in [0.05, 0.1) is 0 Å². The van der Waals surface area contributed by atoms with E-state index in [0.29, 0.717) is 6.42 Å². The molecule has 0 radical (unpaired) electrons. The van der Waals surface area contributed by atoms with Crippen molar-refractivity contribution in [3.05, 3.63) is 49.9 Å². The summed E-state index contributed by atoms with van der Waals surface area (Å²) < 4.78 is 1.03. The Kier molecular flexibility index (Phi) is 3.74. The molecule has 0 aliphatic carbocycles. The van der Waals surface area contributed by atoms with E-state index in [9.17, 15) is 4.79 Å². The number of ketones is 1. The summed E-state index contributed by atoms with van der Waals surface area (Å²) in [5.74, 6) is 0.129. The topological polar surface area (TPSA) is 30.0 Å². The van der Waals surface area contributed by atoms with Crippen molar-refractivity contribution >= 4 is 33.0 Å². The summed E-state index contributed by atoms with van der Waals surface area (Å²) in [7, 11) is 0. The molecule has 17 heavy (non-hydrogen) atoms. The number of nitrogens with zero attached hydrogens (tertiary/aromatic N) is 1. The smallest absolute Gasteiger partial charge is 0.169 e. The van der Waals surface area contributed by atoms with E-state index < -0.39 is 0 Å². The molecule has 0 unspecified atom stereocenters. The van der Waals surface area contributed by atoms with Gasteiger partial charge < -0.3 is 0 Å². The van der Waals surface area contributed by atoms with Crippen molar-refractivity contribution in [2.45, 2.75) is 20.3 Å². The first-order valence-corrected chi connectivity index (χ1v) is 6.94. The van der Waals surface area contributed by atoms with Crippen molar-refractivity contribution in [1.29, 1.82) is 0 Å². The monoisotopic (exact) mass is 309 g/mol. The zero-order valence-electron chi connectivity index (χ0n) is 9.66. The molecule has 0 atom stereocenters. The molecule has 0 aromatic carbocycles. The Labute approximate surface area is 113 Å². The zero-order chi connectivity index (χ0) is 12.4. The molecule has 2 heterocycles. The number of aromatic nitrogens is 1. The first-order valence-electron chi connectivity index (χ1n) is 5.26. The summed E-state index contributed by atoms with van der Waals surface area (Å²) >= 11 is 4.98. The predicted octanol–water partition coefficient (Wildman–Crippen LogP) is 3.95. The number of halogens is 1. The van der Waals surface area contributed by atoms with Crippen LogP contribution in [0.5, 0.6) is 0 Å². The molecule has 88 valence electrons. The van der Waals surface area contributed by atoms with Crippen molar-refractivity contribution in [3.63, 3.8) is 0 Å². The minimum atomic E-state index is 0.129. The van der Waals surface area contributed by atoms with Gasteiger partial charge in [-0.15, -0.1) is 11.3 Å². The number of Topliss-reactive ketones (excluding diaryl/α,β-unsaturated/α-hetero) is 1. The van der Waals surface area contributed by atoms with E-state index in [1.807, 2.05) is 37.4 Å². The van der Waals surface area contributed by atoms with Crippen LogP contribution in [0.2, 0.25) is 0 Å². The van der Waals surface area contributed by atoms with E-state index in [4.69, 9.17) is 0 Å². The van der Waals surface area contributed by atoms with E-state index in [2.05, 4.69) is 20.9 Å². The third-order valence-electron chi connectivity index (χ3n) is 2.48. The molecule has 2 rings (SSSR count). The van der Waals surface area contributed by atoms with Gasteiger partial charge in [0.1, 0.15) is 0 Å². The number of rotatable bonds is 3. The van der Waals surface area contributed by atoms with Crippen LogP contribution in [-0.2, 0) is 6.42 Å². The Morgan fingerprint density at radius 3 is 2.76 bits per heavy atom. The van der Waals surface area contributed by atoms with Crippen molar-refractivity contribution in [2.75, 3.05) is 0 Å². The van der Waals surface area contributed by atoms with Crippen LogP contribution in [0.3, 0.4) is 0 Å². The molecular weight excluding hydrogens is 298 g/mol. The highest BCUT2D eigenvalue weighted by molar-refractivity contribution is 9.10. The van der Waals surface area contributed by atoms with E-state index in [0.717, 1.165) is 26.3 Å². The average molecular weight is 310 g/mol. The first-order chi connectivity index (χ1) is 8.06. The van der Waals surface area contributed by atoms with Gasteiger partial charge >= 0.3 is 0 Å². The number of thiophene rings is 1. The predicted molar refractivity (Wildman–Crippen MR) is 73.8 cm³/mol. The summed E-state index contributed by atoms with van der Waals surface area (Å²) in [6.07, 6.45) is 0.446.